The van der Waals surface area contributed by atoms with Gasteiger partial charge in [-0.15, -0.1) is 0 Å². The molecule has 14 heteroatoms. The Hall–Kier alpha value is -3.25. The normalized spacial score (nSPS) is 18.3. The number of hydrogen-bond acceptors (Lipinski definition) is 6. The molecule has 9 nitrogen and oxygen atoms in total. The fourth-order valence-electron chi connectivity index (χ4n) is 6.51. The minimum absolute atomic E-state index is 0.0387. The number of rotatable bonds is 8. The number of nitrogens with one attached hydrogen (secondary N) is 3. The highest BCUT2D eigenvalue weighted by atomic mass is 35.5. The molecule has 0 radical (unpaired) electrons. The van der Waals surface area contributed by atoms with E-state index in [1.807, 2.05) is 25.3 Å². The van der Waals surface area contributed by atoms with Crippen LogP contribution in [0.4, 0.5) is 30.6 Å². The van der Waals surface area contributed by atoms with Crippen LogP contribution in [0.5, 0.6) is 0 Å². The monoisotopic (exact) mass is 707 g/mol. The molecule has 0 bridgehead atoms. The number of pyridine rings is 1. The van der Waals surface area contributed by atoms with Gasteiger partial charge in [0.15, 0.2) is 5.65 Å². The molecule has 3 fully saturated rings. The number of fused-ring (bicyclic) bond motifs is 1. The van der Waals surface area contributed by atoms with Crippen molar-refractivity contribution in [1.82, 2.24) is 25.2 Å². The van der Waals surface area contributed by atoms with E-state index >= 15 is 0 Å². The second-order valence-corrected chi connectivity index (χ2v) is 15.1. The van der Waals surface area contributed by atoms with Gasteiger partial charge in [0.05, 0.1) is 27.2 Å². The van der Waals surface area contributed by atoms with Crippen LogP contribution in [0.3, 0.4) is 0 Å². The summed E-state index contributed by atoms with van der Waals surface area (Å²) in [6.45, 7) is 5.97. The largest absolute Gasteiger partial charge is 0.391 e. The van der Waals surface area contributed by atoms with Crippen LogP contribution >= 0.6 is 23.2 Å². The molecule has 260 valence electrons. The molecule has 2 aromatic heterocycles. The van der Waals surface area contributed by atoms with Crippen molar-refractivity contribution < 1.29 is 22.8 Å². The molecule has 0 spiro atoms. The lowest BCUT2D eigenvalue weighted by Crippen LogP contribution is -2.41. The molecule has 1 aromatic carbocycles. The standard InChI is InChI=1S/C34H42Cl2F3N7O2/c1-33(2,3)31(48)40-18-19-9-12-24(35)27(26(19)36)43-32-42-25-17-23(30(47)41-21-7-5-4-6-8-21)28(44-29(25)46(32)22-10-11-22)45-15-13-20(14-16-45)34(37,38)39/h9,12,17,20-22H,4-8,10-11,13-16,18H2,1-3H3,(H,40,48)(H,41,47)(H,42,43). The molecule has 0 atom stereocenters. The topological polar surface area (TPSA) is 104 Å². The van der Waals surface area contributed by atoms with Gasteiger partial charge in [-0.3, -0.25) is 14.2 Å². The molecule has 2 saturated carbocycles. The summed E-state index contributed by atoms with van der Waals surface area (Å²) >= 11 is 13.5. The van der Waals surface area contributed by atoms with Crippen molar-refractivity contribution in [2.75, 3.05) is 23.3 Å². The first-order valence-corrected chi connectivity index (χ1v) is 17.5. The SMILES string of the molecule is CC(C)(C)C(=O)NCc1ccc(Cl)c(Nc2nc3cc(C(=O)NC4CCCCC4)c(N4CCC(C(F)(F)F)CC4)nc3n2C2CC2)c1Cl. The number of carbonyl (C=O) groups excluding carboxylic acids is 2. The van der Waals surface area contributed by atoms with Crippen LogP contribution in [0.25, 0.3) is 11.2 Å². The Balaban J connectivity index is 1.36. The summed E-state index contributed by atoms with van der Waals surface area (Å²) in [4.78, 5) is 38.0. The van der Waals surface area contributed by atoms with Gasteiger partial charge < -0.3 is 20.9 Å². The van der Waals surface area contributed by atoms with E-state index in [1.54, 1.807) is 23.1 Å². The molecule has 3 aliphatic rings. The number of alkyl halides is 3. The Morgan fingerprint density at radius 1 is 0.958 bits per heavy atom. The molecular weight excluding hydrogens is 666 g/mol. The molecule has 3 N–H and O–H groups in total. The number of nitrogens with zero attached hydrogens (tertiary/aromatic N) is 4. The fraction of sp³-hybridized carbons (Fsp3) is 0.588. The van der Waals surface area contributed by atoms with Crippen molar-refractivity contribution in [3.63, 3.8) is 0 Å². The van der Waals surface area contributed by atoms with Gasteiger partial charge in [-0.25, -0.2) is 9.97 Å². The van der Waals surface area contributed by atoms with Crippen LogP contribution in [0.1, 0.15) is 101 Å². The molecule has 2 aliphatic carbocycles. The number of halogens is 5. The zero-order valence-corrected chi connectivity index (χ0v) is 29.0. The highest BCUT2D eigenvalue weighted by Gasteiger charge is 2.42. The molecule has 2 amide bonds. The van der Waals surface area contributed by atoms with E-state index in [0.29, 0.717) is 49.8 Å². The molecule has 1 aliphatic heterocycles. The number of aromatic nitrogens is 3. The first-order valence-electron chi connectivity index (χ1n) is 16.8. The summed E-state index contributed by atoms with van der Waals surface area (Å²) in [7, 11) is 0. The lowest BCUT2D eigenvalue weighted by Gasteiger charge is -2.34. The third-order valence-corrected chi connectivity index (χ3v) is 10.3. The van der Waals surface area contributed by atoms with Crippen LogP contribution in [0, 0.1) is 11.3 Å². The Kier molecular flexibility index (Phi) is 9.79. The zero-order valence-electron chi connectivity index (χ0n) is 27.4. The average molecular weight is 709 g/mol. The van der Waals surface area contributed by atoms with Crippen molar-refractivity contribution in [3.8, 4) is 0 Å². The quantitative estimate of drug-likeness (QED) is 0.218. The third kappa shape index (κ3) is 7.49. The van der Waals surface area contributed by atoms with Gasteiger partial charge in [0.25, 0.3) is 5.91 Å². The number of benzene rings is 1. The number of carbonyl (C=O) groups is 2. The summed E-state index contributed by atoms with van der Waals surface area (Å²) in [5.41, 5.74) is 1.83. The maximum absolute atomic E-state index is 13.8. The summed E-state index contributed by atoms with van der Waals surface area (Å²) in [6.07, 6.45) is 2.38. The van der Waals surface area contributed by atoms with Crippen LogP contribution in [-0.2, 0) is 11.3 Å². The molecule has 3 heterocycles. The van der Waals surface area contributed by atoms with E-state index in [0.717, 1.165) is 44.9 Å². The third-order valence-electron chi connectivity index (χ3n) is 9.53. The predicted molar refractivity (Wildman–Crippen MR) is 182 cm³/mol. The number of amides is 2. The van der Waals surface area contributed by atoms with Crippen molar-refractivity contribution >= 4 is 63.6 Å². The van der Waals surface area contributed by atoms with Crippen molar-refractivity contribution in [1.29, 1.82) is 0 Å². The van der Waals surface area contributed by atoms with Crippen LogP contribution in [0.2, 0.25) is 10.0 Å². The van der Waals surface area contributed by atoms with E-state index in [-0.39, 0.29) is 56.4 Å². The lowest BCUT2D eigenvalue weighted by molar-refractivity contribution is -0.179. The Morgan fingerprint density at radius 3 is 2.27 bits per heavy atom. The highest BCUT2D eigenvalue weighted by molar-refractivity contribution is 6.39. The minimum atomic E-state index is -4.26. The molecule has 6 rings (SSSR count). The van der Waals surface area contributed by atoms with Gasteiger partial charge >= 0.3 is 6.18 Å². The molecule has 3 aromatic rings. The highest BCUT2D eigenvalue weighted by Crippen LogP contribution is 2.44. The predicted octanol–water partition coefficient (Wildman–Crippen LogP) is 8.32. The first kappa shape index (κ1) is 34.6. The molecule has 48 heavy (non-hydrogen) atoms. The summed E-state index contributed by atoms with van der Waals surface area (Å²) in [6, 6.07) is 5.29. The van der Waals surface area contributed by atoms with Crippen LogP contribution in [-0.4, -0.2) is 51.7 Å². The average Bonchev–Trinajstić information content (AvgIpc) is 3.81. The van der Waals surface area contributed by atoms with E-state index in [9.17, 15) is 22.8 Å². The molecular formula is C34H42Cl2F3N7O2. The minimum Gasteiger partial charge on any atom is -0.356 e. The zero-order chi connectivity index (χ0) is 34.4. The summed E-state index contributed by atoms with van der Waals surface area (Å²) in [5, 5.41) is 10.1. The Morgan fingerprint density at radius 2 is 1.65 bits per heavy atom. The van der Waals surface area contributed by atoms with Gasteiger partial charge in [-0.05, 0) is 56.2 Å². The fourth-order valence-corrected chi connectivity index (χ4v) is 7.05. The second kappa shape index (κ2) is 13.6. The second-order valence-electron chi connectivity index (χ2n) is 14.3. The van der Waals surface area contributed by atoms with E-state index < -0.39 is 17.5 Å². The van der Waals surface area contributed by atoms with Crippen LogP contribution < -0.4 is 20.9 Å². The number of imidazole rings is 1. The van der Waals surface area contributed by atoms with E-state index in [1.165, 1.54) is 0 Å². The number of anilines is 3. The Bertz CT molecular complexity index is 1690. The summed E-state index contributed by atoms with van der Waals surface area (Å²) in [5.74, 6) is -0.984. The maximum Gasteiger partial charge on any atom is 0.391 e. The number of piperidine rings is 1. The first-order chi connectivity index (χ1) is 22.7. The van der Waals surface area contributed by atoms with Gasteiger partial charge in [0.2, 0.25) is 11.9 Å². The van der Waals surface area contributed by atoms with Gasteiger partial charge in [-0.1, -0.05) is 69.3 Å². The van der Waals surface area contributed by atoms with E-state index in [4.69, 9.17) is 33.2 Å². The lowest BCUT2D eigenvalue weighted by atomic mass is 9.95. The van der Waals surface area contributed by atoms with Crippen molar-refractivity contribution in [2.24, 2.45) is 11.3 Å². The van der Waals surface area contributed by atoms with Crippen LogP contribution in [0.15, 0.2) is 18.2 Å². The van der Waals surface area contributed by atoms with Crippen molar-refractivity contribution in [2.45, 2.75) is 103 Å². The Labute approximate surface area is 288 Å². The summed E-state index contributed by atoms with van der Waals surface area (Å²) < 4.78 is 42.6. The number of hydrogen-bond donors (Lipinski definition) is 3. The molecule has 1 saturated heterocycles. The van der Waals surface area contributed by atoms with Crippen molar-refractivity contribution in [3.05, 3.63) is 39.4 Å². The van der Waals surface area contributed by atoms with Gasteiger partial charge in [0.1, 0.15) is 11.3 Å². The maximum atomic E-state index is 13.8. The van der Waals surface area contributed by atoms with Gasteiger partial charge in [-0.2, -0.15) is 13.2 Å². The van der Waals surface area contributed by atoms with E-state index in [2.05, 4.69) is 16.0 Å². The van der Waals surface area contributed by atoms with Gasteiger partial charge in [0, 0.05) is 37.1 Å². The smallest absolute Gasteiger partial charge is 0.356 e. The molecule has 0 unspecified atom stereocenters.